The molecule has 9 nitrogen and oxygen atoms in total. The van der Waals surface area contributed by atoms with E-state index in [0.717, 1.165) is 70.6 Å². The number of esters is 2. The summed E-state index contributed by atoms with van der Waals surface area (Å²) in [5, 5.41) is 9.68. The molecule has 9 heteroatoms. The Kier molecular flexibility index (Phi) is 45.7. The molecule has 0 radical (unpaired) electrons. The lowest BCUT2D eigenvalue weighted by molar-refractivity contribution is -0.870. The third kappa shape index (κ3) is 49.0. The molecule has 0 spiro atoms. The van der Waals surface area contributed by atoms with Gasteiger partial charge in [-0.05, 0) is 77.0 Å². The van der Waals surface area contributed by atoms with Crippen LogP contribution in [-0.4, -0.2) is 87.4 Å². The van der Waals surface area contributed by atoms with Gasteiger partial charge in [0.15, 0.2) is 6.10 Å². The number of rotatable bonds is 49. The van der Waals surface area contributed by atoms with Crippen molar-refractivity contribution in [1.82, 2.24) is 0 Å². The highest BCUT2D eigenvalue weighted by Gasteiger charge is 2.25. The van der Waals surface area contributed by atoms with E-state index in [2.05, 4.69) is 62.5 Å². The summed E-state index contributed by atoms with van der Waals surface area (Å²) in [6, 6.07) is 0. The first-order valence-corrected chi connectivity index (χ1v) is 26.8. The average Bonchev–Trinajstić information content (AvgIpc) is 3.27. The second-order valence-electron chi connectivity index (χ2n) is 19.2. The first-order valence-electron chi connectivity index (χ1n) is 26.8. The Bertz CT molecular complexity index is 1210. The van der Waals surface area contributed by atoms with Gasteiger partial charge in [0, 0.05) is 12.8 Å². The van der Waals surface area contributed by atoms with Crippen LogP contribution < -0.4 is 0 Å². The molecule has 0 heterocycles. The molecule has 0 aromatic rings. The van der Waals surface area contributed by atoms with Crippen molar-refractivity contribution in [3.63, 3.8) is 0 Å². The van der Waals surface area contributed by atoms with Gasteiger partial charge in [-0.3, -0.25) is 9.59 Å². The fourth-order valence-corrected chi connectivity index (χ4v) is 7.37. The summed E-state index contributed by atoms with van der Waals surface area (Å²) in [4.78, 5) is 37.3. The average molecular weight is 917 g/mol. The van der Waals surface area contributed by atoms with E-state index in [1.165, 1.54) is 128 Å². The maximum absolute atomic E-state index is 12.8. The summed E-state index contributed by atoms with van der Waals surface area (Å²) in [7, 11) is 5.96. The maximum atomic E-state index is 12.8. The van der Waals surface area contributed by atoms with Crippen LogP contribution in [0.1, 0.15) is 232 Å². The van der Waals surface area contributed by atoms with Gasteiger partial charge in [0.25, 0.3) is 6.29 Å². The van der Waals surface area contributed by atoms with Crippen molar-refractivity contribution >= 4 is 17.9 Å². The number of carbonyl (C=O) groups is 3. The number of carbonyl (C=O) groups excluding carboxylic acids is 2. The van der Waals surface area contributed by atoms with Gasteiger partial charge in [-0.1, -0.05) is 191 Å². The Morgan fingerprint density at radius 2 is 0.831 bits per heavy atom. The van der Waals surface area contributed by atoms with E-state index in [0.29, 0.717) is 23.9 Å². The van der Waals surface area contributed by atoms with Crippen LogP contribution >= 0.6 is 0 Å². The Labute approximate surface area is 400 Å². The molecular weight excluding hydrogens is 815 g/mol. The van der Waals surface area contributed by atoms with Crippen molar-refractivity contribution in [3.05, 3.63) is 48.6 Å². The number of hydrogen-bond donors (Lipinski definition) is 1. The van der Waals surface area contributed by atoms with Gasteiger partial charge in [-0.2, -0.15) is 0 Å². The Morgan fingerprint density at radius 1 is 0.462 bits per heavy atom. The van der Waals surface area contributed by atoms with E-state index >= 15 is 0 Å². The first kappa shape index (κ1) is 62.2. The third-order valence-corrected chi connectivity index (χ3v) is 11.6. The summed E-state index contributed by atoms with van der Waals surface area (Å²) < 4.78 is 22.8. The molecule has 2 atom stereocenters. The van der Waals surface area contributed by atoms with Crippen molar-refractivity contribution in [1.29, 1.82) is 0 Å². The fraction of sp³-hybridized carbons (Fsp3) is 0.804. The predicted molar refractivity (Wildman–Crippen MR) is 272 cm³/mol. The van der Waals surface area contributed by atoms with Crippen LogP contribution in [0.3, 0.4) is 0 Å². The zero-order chi connectivity index (χ0) is 47.7. The fourth-order valence-electron chi connectivity index (χ4n) is 7.37. The van der Waals surface area contributed by atoms with Crippen LogP contribution in [0.4, 0.5) is 0 Å². The Balaban J connectivity index is 4.35. The molecule has 0 rings (SSSR count). The molecule has 0 aromatic heterocycles. The summed E-state index contributed by atoms with van der Waals surface area (Å²) in [5.41, 5.74) is 0. The highest BCUT2D eigenvalue weighted by molar-refractivity contribution is 5.71. The summed E-state index contributed by atoms with van der Waals surface area (Å²) in [5.74, 6) is -2.02. The van der Waals surface area contributed by atoms with Crippen LogP contribution in [0.5, 0.6) is 0 Å². The molecule has 1 N–H and O–H groups in total. The van der Waals surface area contributed by atoms with Gasteiger partial charge in [0.1, 0.15) is 13.2 Å². The number of carboxylic acid groups (broad SMARTS) is 1. The zero-order valence-corrected chi connectivity index (χ0v) is 42.9. The number of hydrogen-bond acceptors (Lipinski definition) is 7. The molecule has 0 aliphatic rings. The largest absolute Gasteiger partial charge is 0.477 e. The number of likely N-dealkylation sites (N-methyl/N-ethyl adjacent to an activating group) is 1. The monoisotopic (exact) mass is 917 g/mol. The van der Waals surface area contributed by atoms with Gasteiger partial charge in [-0.25, -0.2) is 4.79 Å². The quantitative estimate of drug-likeness (QED) is 0.0211. The number of ether oxygens (including phenoxy) is 4. The van der Waals surface area contributed by atoms with Crippen molar-refractivity contribution < 1.29 is 42.9 Å². The molecule has 0 aliphatic carbocycles. The Hall–Kier alpha value is -2.75. The molecule has 0 aliphatic heterocycles. The minimum atomic E-state index is -1.51. The lowest BCUT2D eigenvalue weighted by atomic mass is 10.1. The summed E-state index contributed by atoms with van der Waals surface area (Å²) >= 11 is 0. The van der Waals surface area contributed by atoms with Crippen molar-refractivity contribution in [2.45, 2.75) is 245 Å². The maximum Gasteiger partial charge on any atom is 0.361 e. The number of carboxylic acids is 1. The normalized spacial score (nSPS) is 13.2. The van der Waals surface area contributed by atoms with Crippen molar-refractivity contribution in [2.75, 3.05) is 47.5 Å². The SMILES string of the molecule is CCCCCCC/C=C\C/C=C\C/C=C\CCCCCCCCC(=O)OC(COC(=O)CCCCCCCCCCC/C=C\CCCCCCCC)COC(OCC[N+](C)(C)C)C(=O)O. The molecule has 0 aromatic carbocycles. The van der Waals surface area contributed by atoms with E-state index in [-0.39, 0.29) is 32.2 Å². The van der Waals surface area contributed by atoms with E-state index in [4.69, 9.17) is 18.9 Å². The van der Waals surface area contributed by atoms with Crippen LogP contribution in [0.15, 0.2) is 48.6 Å². The topological polar surface area (TPSA) is 108 Å². The lowest BCUT2D eigenvalue weighted by Crippen LogP contribution is -2.40. The van der Waals surface area contributed by atoms with E-state index < -0.39 is 24.3 Å². The van der Waals surface area contributed by atoms with E-state index in [1.807, 2.05) is 21.1 Å². The minimum absolute atomic E-state index is 0.184. The number of nitrogens with zero attached hydrogens (tertiary/aromatic N) is 1. The van der Waals surface area contributed by atoms with E-state index in [1.54, 1.807) is 0 Å². The van der Waals surface area contributed by atoms with Crippen molar-refractivity contribution in [3.8, 4) is 0 Å². The molecule has 0 amide bonds. The first-order chi connectivity index (χ1) is 31.6. The predicted octanol–water partition coefficient (Wildman–Crippen LogP) is 15.1. The van der Waals surface area contributed by atoms with E-state index in [9.17, 15) is 19.5 Å². The van der Waals surface area contributed by atoms with Gasteiger partial charge in [0.05, 0.1) is 34.4 Å². The minimum Gasteiger partial charge on any atom is -0.477 e. The summed E-state index contributed by atoms with van der Waals surface area (Å²) in [6.07, 6.45) is 54.5. The van der Waals surface area contributed by atoms with Crippen molar-refractivity contribution in [2.24, 2.45) is 0 Å². The molecule has 0 saturated carbocycles. The molecule has 0 saturated heterocycles. The molecule has 378 valence electrons. The highest BCUT2D eigenvalue weighted by Crippen LogP contribution is 2.15. The number of allylic oxidation sites excluding steroid dienone is 8. The third-order valence-electron chi connectivity index (χ3n) is 11.6. The molecule has 0 fully saturated rings. The van der Waals surface area contributed by atoms with Crippen LogP contribution in [0.25, 0.3) is 0 Å². The molecule has 0 bridgehead atoms. The zero-order valence-electron chi connectivity index (χ0n) is 42.9. The summed E-state index contributed by atoms with van der Waals surface area (Å²) in [6.45, 7) is 4.86. The Morgan fingerprint density at radius 3 is 1.25 bits per heavy atom. The second kappa shape index (κ2) is 47.7. The van der Waals surface area contributed by atoms with Gasteiger partial charge in [-0.15, -0.1) is 0 Å². The number of unbranched alkanes of at least 4 members (excludes halogenated alkanes) is 26. The van der Waals surface area contributed by atoms with Crippen LogP contribution in [-0.2, 0) is 33.3 Å². The molecule has 65 heavy (non-hydrogen) atoms. The number of quaternary nitrogens is 1. The molecular formula is C56H102NO8+. The highest BCUT2D eigenvalue weighted by atomic mass is 16.7. The smallest absolute Gasteiger partial charge is 0.361 e. The van der Waals surface area contributed by atoms with Crippen LogP contribution in [0, 0.1) is 0 Å². The van der Waals surface area contributed by atoms with Gasteiger partial charge in [0.2, 0.25) is 0 Å². The van der Waals surface area contributed by atoms with Crippen LogP contribution in [0.2, 0.25) is 0 Å². The van der Waals surface area contributed by atoms with Gasteiger partial charge < -0.3 is 28.5 Å². The number of aliphatic carboxylic acids is 1. The standard InChI is InChI=1S/C56H101NO8/c1-6-8-10-12-14-16-18-20-22-24-26-27-29-31-33-35-37-39-41-43-45-47-54(59)65-52(51-64-56(55(60)61)62-49-48-57(3,4)5)50-63-53(58)46-44-42-40-38-36-34-32-30-28-25-23-21-19-17-15-13-11-9-7-2/h18,20-21,23-24,26,29,31,52,56H,6-17,19,22,25,27-28,30,32-51H2,1-5H3/p+1/b20-18-,23-21-,26-24-,31-29-. The second-order valence-corrected chi connectivity index (χ2v) is 19.2. The lowest BCUT2D eigenvalue weighted by Gasteiger charge is -2.25. The molecule has 2 unspecified atom stereocenters. The van der Waals surface area contributed by atoms with Gasteiger partial charge >= 0.3 is 17.9 Å².